The fourth-order valence-electron chi connectivity index (χ4n) is 2.37. The number of hydrogen-bond acceptors (Lipinski definition) is 6. The highest BCUT2D eigenvalue weighted by atomic mass is 16.4. The lowest BCUT2D eigenvalue weighted by Gasteiger charge is -2.22. The van der Waals surface area contributed by atoms with Gasteiger partial charge in [0.05, 0.1) is 6.04 Å². The summed E-state index contributed by atoms with van der Waals surface area (Å²) in [7, 11) is 0. The second-order valence-electron chi connectivity index (χ2n) is 6.39. The van der Waals surface area contributed by atoms with Crippen molar-refractivity contribution in [2.75, 3.05) is 6.54 Å². The molecule has 0 saturated heterocycles. The molecule has 8 N–H and O–H groups in total. The lowest BCUT2D eigenvalue weighted by Crippen LogP contribution is -2.54. The van der Waals surface area contributed by atoms with Crippen LogP contribution in [-0.2, 0) is 20.8 Å². The third-order valence-corrected chi connectivity index (χ3v) is 4.04. The number of aliphatic carboxylic acids is 1. The SMILES string of the molecule is CC(NC(=O)C(Cc1ccc(O)cc1)NC(=O)C(N)CCCCN)C(=O)O. The van der Waals surface area contributed by atoms with Crippen molar-refractivity contribution in [2.45, 2.75) is 50.7 Å². The van der Waals surface area contributed by atoms with Gasteiger partial charge in [-0.3, -0.25) is 14.4 Å². The zero-order valence-electron chi connectivity index (χ0n) is 15.4. The summed E-state index contributed by atoms with van der Waals surface area (Å²) in [6, 6.07) is 3.27. The van der Waals surface area contributed by atoms with Crippen LogP contribution in [0.3, 0.4) is 0 Å². The first-order valence-corrected chi connectivity index (χ1v) is 8.81. The molecule has 0 spiro atoms. The topological polar surface area (TPSA) is 168 Å². The Morgan fingerprint density at radius 1 is 1.07 bits per heavy atom. The first-order valence-electron chi connectivity index (χ1n) is 8.81. The van der Waals surface area contributed by atoms with Crippen molar-refractivity contribution in [3.05, 3.63) is 29.8 Å². The number of unbranched alkanes of at least 4 members (excludes halogenated alkanes) is 1. The third kappa shape index (κ3) is 8.06. The molecule has 0 aliphatic heterocycles. The molecule has 3 atom stereocenters. The summed E-state index contributed by atoms with van der Waals surface area (Å²) in [5.74, 6) is -2.23. The monoisotopic (exact) mass is 380 g/mol. The van der Waals surface area contributed by atoms with Crippen molar-refractivity contribution in [3.63, 3.8) is 0 Å². The van der Waals surface area contributed by atoms with Crippen LogP contribution in [0.5, 0.6) is 5.75 Å². The van der Waals surface area contributed by atoms with Crippen molar-refractivity contribution >= 4 is 17.8 Å². The Labute approximate surface area is 158 Å². The van der Waals surface area contributed by atoms with E-state index in [1.165, 1.54) is 19.1 Å². The van der Waals surface area contributed by atoms with Gasteiger partial charge in [0, 0.05) is 6.42 Å². The molecular formula is C18H28N4O5. The minimum Gasteiger partial charge on any atom is -0.508 e. The first-order chi connectivity index (χ1) is 12.7. The highest BCUT2D eigenvalue weighted by Crippen LogP contribution is 2.12. The molecule has 0 aliphatic rings. The molecule has 3 unspecified atom stereocenters. The second kappa shape index (κ2) is 11.1. The molecule has 0 bridgehead atoms. The number of carboxylic acids is 1. The van der Waals surface area contributed by atoms with Crippen LogP contribution < -0.4 is 22.1 Å². The van der Waals surface area contributed by atoms with Crippen LogP contribution in [0.25, 0.3) is 0 Å². The molecule has 0 heterocycles. The molecule has 0 radical (unpaired) electrons. The number of amides is 2. The Kier molecular flexibility index (Phi) is 9.24. The van der Waals surface area contributed by atoms with Crippen molar-refractivity contribution in [1.29, 1.82) is 0 Å². The van der Waals surface area contributed by atoms with E-state index in [-0.39, 0.29) is 12.2 Å². The molecule has 27 heavy (non-hydrogen) atoms. The molecule has 0 aromatic heterocycles. The number of aromatic hydroxyl groups is 1. The zero-order chi connectivity index (χ0) is 20.4. The number of rotatable bonds is 11. The molecule has 9 nitrogen and oxygen atoms in total. The van der Waals surface area contributed by atoms with Crippen LogP contribution in [0, 0.1) is 0 Å². The maximum Gasteiger partial charge on any atom is 0.325 e. The smallest absolute Gasteiger partial charge is 0.325 e. The highest BCUT2D eigenvalue weighted by molar-refractivity contribution is 5.91. The molecule has 1 aromatic rings. The number of phenols is 1. The average Bonchev–Trinajstić information content (AvgIpc) is 2.62. The van der Waals surface area contributed by atoms with Gasteiger partial charge in [0.2, 0.25) is 11.8 Å². The van der Waals surface area contributed by atoms with Gasteiger partial charge in [0.15, 0.2) is 0 Å². The maximum atomic E-state index is 12.5. The molecule has 1 rings (SSSR count). The Balaban J connectivity index is 2.82. The van der Waals surface area contributed by atoms with Gasteiger partial charge in [-0.15, -0.1) is 0 Å². The quantitative estimate of drug-likeness (QED) is 0.280. The Bertz CT molecular complexity index is 635. The van der Waals surface area contributed by atoms with Gasteiger partial charge in [-0.25, -0.2) is 0 Å². The summed E-state index contributed by atoms with van der Waals surface area (Å²) >= 11 is 0. The van der Waals surface area contributed by atoms with Crippen LogP contribution >= 0.6 is 0 Å². The number of carbonyl (C=O) groups is 3. The minimum atomic E-state index is -1.18. The van der Waals surface area contributed by atoms with E-state index >= 15 is 0 Å². The third-order valence-electron chi connectivity index (χ3n) is 4.04. The van der Waals surface area contributed by atoms with Gasteiger partial charge in [-0.05, 0) is 44.0 Å². The van der Waals surface area contributed by atoms with E-state index in [1.54, 1.807) is 12.1 Å². The Morgan fingerprint density at radius 2 is 1.70 bits per heavy atom. The van der Waals surface area contributed by atoms with Gasteiger partial charge < -0.3 is 32.3 Å². The van der Waals surface area contributed by atoms with E-state index in [0.717, 1.165) is 6.42 Å². The molecule has 150 valence electrons. The van der Waals surface area contributed by atoms with Gasteiger partial charge in [0.25, 0.3) is 0 Å². The summed E-state index contributed by atoms with van der Waals surface area (Å²) in [5.41, 5.74) is 12.0. The van der Waals surface area contributed by atoms with E-state index in [2.05, 4.69) is 10.6 Å². The fourth-order valence-corrected chi connectivity index (χ4v) is 2.37. The molecule has 0 aliphatic carbocycles. The number of nitrogens with two attached hydrogens (primary N) is 2. The standard InChI is InChI=1S/C18H28N4O5/c1-11(18(26)27)21-17(25)15(10-12-5-7-13(23)8-6-12)22-16(24)14(20)4-2-3-9-19/h5-8,11,14-15,23H,2-4,9-10,19-20H2,1H3,(H,21,25)(H,22,24)(H,26,27). The molecule has 9 heteroatoms. The zero-order valence-corrected chi connectivity index (χ0v) is 15.4. The lowest BCUT2D eigenvalue weighted by atomic mass is 10.0. The average molecular weight is 380 g/mol. The van der Waals surface area contributed by atoms with E-state index in [0.29, 0.717) is 24.9 Å². The summed E-state index contributed by atoms with van der Waals surface area (Å²) in [4.78, 5) is 35.7. The molecule has 2 amide bonds. The van der Waals surface area contributed by atoms with E-state index in [9.17, 15) is 19.5 Å². The van der Waals surface area contributed by atoms with Gasteiger partial charge >= 0.3 is 5.97 Å². The number of carboxylic acid groups (broad SMARTS) is 1. The number of benzene rings is 1. The van der Waals surface area contributed by atoms with Crippen molar-refractivity contribution in [3.8, 4) is 5.75 Å². The van der Waals surface area contributed by atoms with Crippen molar-refractivity contribution in [2.24, 2.45) is 11.5 Å². The number of phenolic OH excluding ortho intramolecular Hbond substituents is 1. The predicted octanol–water partition coefficient (Wildman–Crippen LogP) is -0.535. The first kappa shape index (κ1) is 22.4. The summed E-state index contributed by atoms with van der Waals surface area (Å²) in [5, 5.41) is 23.3. The molecule has 1 aromatic carbocycles. The number of nitrogens with one attached hydrogen (secondary N) is 2. The maximum absolute atomic E-state index is 12.5. The summed E-state index contributed by atoms with van der Waals surface area (Å²) in [6.45, 7) is 1.84. The molecular weight excluding hydrogens is 352 g/mol. The fraction of sp³-hybridized carbons (Fsp3) is 0.500. The van der Waals surface area contributed by atoms with Crippen molar-refractivity contribution in [1.82, 2.24) is 10.6 Å². The highest BCUT2D eigenvalue weighted by Gasteiger charge is 2.26. The van der Waals surface area contributed by atoms with Gasteiger partial charge in [-0.2, -0.15) is 0 Å². The van der Waals surface area contributed by atoms with Crippen LogP contribution in [0.15, 0.2) is 24.3 Å². The Hall–Kier alpha value is -2.65. The van der Waals surface area contributed by atoms with Crippen LogP contribution in [0.4, 0.5) is 0 Å². The summed E-state index contributed by atoms with van der Waals surface area (Å²) < 4.78 is 0. The second-order valence-corrected chi connectivity index (χ2v) is 6.39. The Morgan fingerprint density at radius 3 is 2.26 bits per heavy atom. The largest absolute Gasteiger partial charge is 0.508 e. The van der Waals surface area contributed by atoms with Gasteiger partial charge in [0.1, 0.15) is 17.8 Å². The molecule has 0 saturated carbocycles. The lowest BCUT2D eigenvalue weighted by molar-refractivity contribution is -0.141. The predicted molar refractivity (Wildman–Crippen MR) is 99.9 cm³/mol. The van der Waals surface area contributed by atoms with Gasteiger partial charge in [-0.1, -0.05) is 18.6 Å². The van der Waals surface area contributed by atoms with Crippen molar-refractivity contribution < 1.29 is 24.6 Å². The molecule has 0 fully saturated rings. The number of hydrogen-bond donors (Lipinski definition) is 6. The van der Waals surface area contributed by atoms with E-state index in [4.69, 9.17) is 16.6 Å². The van der Waals surface area contributed by atoms with Crippen LogP contribution in [0.1, 0.15) is 31.7 Å². The van der Waals surface area contributed by atoms with E-state index in [1.807, 2.05) is 0 Å². The minimum absolute atomic E-state index is 0.0743. The van der Waals surface area contributed by atoms with E-state index < -0.39 is 35.9 Å². The number of carbonyl (C=O) groups excluding carboxylic acids is 2. The summed E-state index contributed by atoms with van der Waals surface area (Å²) in [6.07, 6.45) is 1.99. The normalized spacial score (nSPS) is 14.0. The van der Waals surface area contributed by atoms with Crippen LogP contribution in [0.2, 0.25) is 0 Å². The van der Waals surface area contributed by atoms with Crippen LogP contribution in [-0.4, -0.2) is 52.7 Å².